The predicted molar refractivity (Wildman–Crippen MR) is 139 cm³/mol. The van der Waals surface area contributed by atoms with Crippen LogP contribution in [0.15, 0.2) is 70.5 Å². The number of thiazole rings is 1. The number of para-hydroxylation sites is 1. The number of amides is 2. The van der Waals surface area contributed by atoms with Crippen molar-refractivity contribution >= 4 is 40.9 Å². The number of fused-ring (bicyclic) bond motifs is 9. The van der Waals surface area contributed by atoms with Crippen molar-refractivity contribution in [2.45, 2.75) is 29.0 Å². The Labute approximate surface area is 221 Å². The fraction of sp³-hybridized carbons (Fsp3) is 0.357. The first-order valence-electron chi connectivity index (χ1n) is 12.6. The van der Waals surface area contributed by atoms with E-state index in [1.807, 2.05) is 48.5 Å². The molecule has 1 saturated heterocycles. The summed E-state index contributed by atoms with van der Waals surface area (Å²) >= 11 is 2.99. The Morgan fingerprint density at radius 3 is 2.24 bits per heavy atom. The van der Waals surface area contributed by atoms with Gasteiger partial charge in [-0.05, 0) is 41.9 Å². The maximum Gasteiger partial charge on any atom is 0.312 e. The third-order valence-corrected chi connectivity index (χ3v) is 11.4. The third-order valence-electron chi connectivity index (χ3n) is 8.68. The quantitative estimate of drug-likeness (QED) is 0.502. The molecule has 188 valence electrons. The van der Waals surface area contributed by atoms with Crippen LogP contribution < -0.4 is 4.87 Å². The average molecular weight is 533 g/mol. The molecule has 3 fully saturated rings. The summed E-state index contributed by atoms with van der Waals surface area (Å²) in [5.74, 6) is -2.08. The molecule has 9 heteroatoms. The van der Waals surface area contributed by atoms with Gasteiger partial charge in [0.05, 0.1) is 29.0 Å². The Bertz CT molecular complexity index is 1480. The molecule has 2 aliphatic heterocycles. The van der Waals surface area contributed by atoms with Crippen molar-refractivity contribution < 1.29 is 19.5 Å². The Morgan fingerprint density at radius 1 is 0.919 bits per heavy atom. The van der Waals surface area contributed by atoms with Crippen LogP contribution in [0.4, 0.5) is 0 Å². The zero-order valence-electron chi connectivity index (χ0n) is 19.7. The highest BCUT2D eigenvalue weighted by atomic mass is 32.2. The summed E-state index contributed by atoms with van der Waals surface area (Å²) in [7, 11) is 0. The van der Waals surface area contributed by atoms with E-state index in [2.05, 4.69) is 12.1 Å². The largest absolute Gasteiger partial charge is 0.481 e. The van der Waals surface area contributed by atoms with Gasteiger partial charge in [0.25, 0.3) is 0 Å². The number of aliphatic carboxylic acids is 1. The molecular weight excluding hydrogens is 508 g/mol. The van der Waals surface area contributed by atoms with Crippen molar-refractivity contribution in [2.75, 3.05) is 6.54 Å². The van der Waals surface area contributed by atoms with Crippen LogP contribution in [0.25, 0.3) is 5.69 Å². The standard InChI is InChI=1S/C28H24N2O5S2/c31-18(32)11-12-29-25(33)21-16-13-17(22(21)26(29)34)23-20(16)19(14-7-3-1-4-8-14)24-27(36-23)30(28(35)37-24)15-9-5-2-6-10-15/h1-10,16-17,19-23H,11-13H2,(H,31,32)/t16-,17-,19-,20-,21+,22-,23+/m1/s1. The van der Waals surface area contributed by atoms with E-state index < -0.39 is 17.8 Å². The van der Waals surface area contributed by atoms with Gasteiger partial charge in [-0.1, -0.05) is 59.9 Å². The van der Waals surface area contributed by atoms with Gasteiger partial charge < -0.3 is 5.11 Å². The topological polar surface area (TPSA) is 96.7 Å². The molecule has 2 aliphatic carbocycles. The summed E-state index contributed by atoms with van der Waals surface area (Å²) in [5, 5.41) is 10.2. The summed E-state index contributed by atoms with van der Waals surface area (Å²) in [6.45, 7) is -0.0646. The van der Waals surface area contributed by atoms with Crippen LogP contribution in [0.5, 0.6) is 0 Å². The molecule has 7 rings (SSSR count). The highest BCUT2D eigenvalue weighted by molar-refractivity contribution is 8.00. The summed E-state index contributed by atoms with van der Waals surface area (Å²) < 4.78 is 1.81. The van der Waals surface area contributed by atoms with Crippen LogP contribution in [0, 0.1) is 29.6 Å². The normalized spacial score (nSPS) is 31.4. The van der Waals surface area contributed by atoms with Crippen LogP contribution in [-0.4, -0.2) is 44.2 Å². The van der Waals surface area contributed by atoms with Gasteiger partial charge in [0.1, 0.15) is 0 Å². The lowest BCUT2D eigenvalue weighted by atomic mass is 9.68. The van der Waals surface area contributed by atoms with Crippen LogP contribution in [0.1, 0.15) is 29.2 Å². The molecule has 0 spiro atoms. The number of likely N-dealkylation sites (tertiary alicyclic amines) is 1. The summed E-state index contributed by atoms with van der Waals surface area (Å²) in [5.41, 5.74) is 1.96. The van der Waals surface area contributed by atoms with Gasteiger partial charge in [-0.2, -0.15) is 0 Å². The van der Waals surface area contributed by atoms with Crippen molar-refractivity contribution in [1.82, 2.24) is 9.47 Å². The van der Waals surface area contributed by atoms with Crippen molar-refractivity contribution in [3.05, 3.63) is 80.8 Å². The summed E-state index contributed by atoms with van der Waals surface area (Å²) in [6.07, 6.45) is 0.580. The number of carbonyl (C=O) groups is 3. The molecule has 4 aliphatic rings. The molecule has 2 saturated carbocycles. The third kappa shape index (κ3) is 3.26. The minimum Gasteiger partial charge on any atom is -0.481 e. The molecule has 0 radical (unpaired) electrons. The van der Waals surface area contributed by atoms with Gasteiger partial charge in [0, 0.05) is 22.6 Å². The fourth-order valence-electron chi connectivity index (χ4n) is 7.40. The summed E-state index contributed by atoms with van der Waals surface area (Å²) in [4.78, 5) is 53.6. The number of carboxylic acids is 1. The molecule has 2 aromatic carbocycles. The molecule has 7 atom stereocenters. The number of carbonyl (C=O) groups excluding carboxylic acids is 2. The molecule has 37 heavy (non-hydrogen) atoms. The number of thioether (sulfide) groups is 1. The highest BCUT2D eigenvalue weighted by Crippen LogP contribution is 2.68. The number of hydrogen-bond donors (Lipinski definition) is 1. The Kier molecular flexibility index (Phi) is 5.23. The van der Waals surface area contributed by atoms with E-state index in [1.54, 1.807) is 16.3 Å². The Balaban J connectivity index is 1.35. The van der Waals surface area contributed by atoms with Crippen LogP contribution in [0.2, 0.25) is 0 Å². The number of nitrogens with zero attached hydrogens (tertiary/aromatic N) is 2. The molecule has 1 aromatic heterocycles. The Hall–Kier alpha value is -3.17. The molecule has 2 amide bonds. The van der Waals surface area contributed by atoms with E-state index in [0.717, 1.165) is 27.6 Å². The van der Waals surface area contributed by atoms with Crippen molar-refractivity contribution in [3.63, 3.8) is 0 Å². The second-order valence-corrected chi connectivity index (χ2v) is 12.5. The minimum absolute atomic E-state index is 0.0230. The van der Waals surface area contributed by atoms with E-state index in [1.165, 1.54) is 16.2 Å². The second kappa shape index (κ2) is 8.43. The van der Waals surface area contributed by atoms with Gasteiger partial charge in [-0.3, -0.25) is 28.6 Å². The second-order valence-electron chi connectivity index (χ2n) is 10.3. The highest BCUT2D eigenvalue weighted by Gasteiger charge is 2.69. The number of hydrogen-bond acceptors (Lipinski definition) is 6. The fourth-order valence-corrected chi connectivity index (χ4v) is 10.6. The van der Waals surface area contributed by atoms with Gasteiger partial charge in [-0.25, -0.2) is 0 Å². The SMILES string of the molecule is O=C(O)CCN1C(=O)[C@@H]2[C@H]3C[C@@H]([C@@H]2C1=O)[C@@H]1[C@@H](c2ccccc2)c2sc(=O)n(-c4ccccc4)c2S[C@@H]31. The van der Waals surface area contributed by atoms with Gasteiger partial charge in [0.2, 0.25) is 11.8 Å². The van der Waals surface area contributed by atoms with Crippen molar-refractivity contribution in [1.29, 1.82) is 0 Å². The molecule has 3 heterocycles. The van der Waals surface area contributed by atoms with E-state index in [-0.39, 0.29) is 58.6 Å². The van der Waals surface area contributed by atoms with Crippen LogP contribution >= 0.6 is 23.1 Å². The van der Waals surface area contributed by atoms with E-state index in [4.69, 9.17) is 5.11 Å². The first-order chi connectivity index (χ1) is 18.0. The number of aromatic nitrogens is 1. The van der Waals surface area contributed by atoms with E-state index >= 15 is 0 Å². The number of rotatable bonds is 5. The average Bonchev–Trinajstić information content (AvgIpc) is 3.62. The minimum atomic E-state index is -1.02. The lowest BCUT2D eigenvalue weighted by Crippen LogP contribution is -2.43. The van der Waals surface area contributed by atoms with Crippen LogP contribution in [0.3, 0.4) is 0 Å². The Morgan fingerprint density at radius 2 is 1.57 bits per heavy atom. The molecule has 7 nitrogen and oxygen atoms in total. The molecule has 3 aromatic rings. The number of benzene rings is 2. The smallest absolute Gasteiger partial charge is 0.312 e. The first-order valence-corrected chi connectivity index (χ1v) is 14.2. The molecule has 0 unspecified atom stereocenters. The monoisotopic (exact) mass is 532 g/mol. The number of imide groups is 1. The summed E-state index contributed by atoms with van der Waals surface area (Å²) in [6, 6.07) is 19.9. The van der Waals surface area contributed by atoms with E-state index in [9.17, 15) is 19.2 Å². The zero-order chi connectivity index (χ0) is 25.4. The zero-order valence-corrected chi connectivity index (χ0v) is 21.4. The van der Waals surface area contributed by atoms with Crippen molar-refractivity contribution in [3.8, 4) is 5.69 Å². The van der Waals surface area contributed by atoms with E-state index in [0.29, 0.717) is 0 Å². The van der Waals surface area contributed by atoms with Crippen molar-refractivity contribution in [2.24, 2.45) is 29.6 Å². The first kappa shape index (κ1) is 23.0. The van der Waals surface area contributed by atoms with Gasteiger partial charge >= 0.3 is 10.8 Å². The molecule has 1 N–H and O–H groups in total. The maximum atomic E-state index is 13.5. The lowest BCUT2D eigenvalue weighted by Gasteiger charge is -2.43. The maximum absolute atomic E-state index is 13.5. The number of carboxylic acid groups (broad SMARTS) is 1. The molecular formula is C28H24N2O5S2. The van der Waals surface area contributed by atoms with Gasteiger partial charge in [0.15, 0.2) is 0 Å². The van der Waals surface area contributed by atoms with Gasteiger partial charge in [-0.15, -0.1) is 11.8 Å². The molecule has 2 bridgehead atoms. The van der Waals surface area contributed by atoms with Crippen LogP contribution in [-0.2, 0) is 14.4 Å². The lowest BCUT2D eigenvalue weighted by molar-refractivity contribution is -0.142. The predicted octanol–water partition coefficient (Wildman–Crippen LogP) is 3.85.